The zero-order valence-electron chi connectivity index (χ0n) is 6.83. The summed E-state index contributed by atoms with van der Waals surface area (Å²) < 4.78 is 1.07. The van der Waals surface area contributed by atoms with Gasteiger partial charge in [0.05, 0.1) is 10.2 Å². The Labute approximate surface area is 80.6 Å². The highest BCUT2D eigenvalue weighted by atomic mass is 79.9. The zero-order valence-corrected chi connectivity index (χ0v) is 8.42. The summed E-state index contributed by atoms with van der Waals surface area (Å²) in [5.74, 6) is 0.669. The summed E-state index contributed by atoms with van der Waals surface area (Å²) >= 11 is 3.48. The first-order valence-electron chi connectivity index (χ1n) is 4.33. The molecule has 12 heavy (non-hydrogen) atoms. The minimum absolute atomic E-state index is 0.669. The predicted molar refractivity (Wildman–Crippen MR) is 50.9 cm³/mol. The molecule has 2 nitrogen and oxygen atoms in total. The second kappa shape index (κ2) is 3.52. The number of hydrogen-bond acceptors (Lipinski definition) is 2. The standard InChI is InChI=1S/C9H11BrN2/c10-8-5-11-6-12-9(8)7-3-1-2-4-7/h5-7H,1-4H2. The summed E-state index contributed by atoms with van der Waals surface area (Å²) in [6.07, 6.45) is 8.74. The van der Waals surface area contributed by atoms with E-state index >= 15 is 0 Å². The van der Waals surface area contributed by atoms with E-state index in [1.807, 2.05) is 6.20 Å². The van der Waals surface area contributed by atoms with Gasteiger partial charge in [-0.1, -0.05) is 12.8 Å². The van der Waals surface area contributed by atoms with Crippen LogP contribution < -0.4 is 0 Å². The molecule has 1 fully saturated rings. The van der Waals surface area contributed by atoms with Crippen LogP contribution in [0.4, 0.5) is 0 Å². The van der Waals surface area contributed by atoms with Crippen LogP contribution in [0.2, 0.25) is 0 Å². The van der Waals surface area contributed by atoms with Crippen LogP contribution >= 0.6 is 15.9 Å². The van der Waals surface area contributed by atoms with Crippen molar-refractivity contribution in [1.82, 2.24) is 9.97 Å². The van der Waals surface area contributed by atoms with Gasteiger partial charge < -0.3 is 0 Å². The summed E-state index contributed by atoms with van der Waals surface area (Å²) in [6.45, 7) is 0. The van der Waals surface area contributed by atoms with Crippen molar-refractivity contribution >= 4 is 15.9 Å². The molecule has 1 saturated carbocycles. The van der Waals surface area contributed by atoms with E-state index in [0.717, 1.165) is 4.47 Å². The SMILES string of the molecule is Brc1cncnc1C1CCCC1. The Kier molecular flexibility index (Phi) is 2.40. The van der Waals surface area contributed by atoms with Crippen LogP contribution in [-0.4, -0.2) is 9.97 Å². The fourth-order valence-corrected chi connectivity index (χ4v) is 2.37. The van der Waals surface area contributed by atoms with Gasteiger partial charge in [0.2, 0.25) is 0 Å². The van der Waals surface area contributed by atoms with Crippen molar-refractivity contribution in [3.8, 4) is 0 Å². The minimum Gasteiger partial charge on any atom is -0.244 e. The average molecular weight is 227 g/mol. The first-order valence-corrected chi connectivity index (χ1v) is 5.12. The Morgan fingerprint density at radius 1 is 1.33 bits per heavy atom. The lowest BCUT2D eigenvalue weighted by Crippen LogP contribution is -1.97. The maximum atomic E-state index is 4.30. The van der Waals surface area contributed by atoms with Crippen LogP contribution in [0.15, 0.2) is 17.0 Å². The topological polar surface area (TPSA) is 25.8 Å². The Hall–Kier alpha value is -0.440. The highest BCUT2D eigenvalue weighted by molar-refractivity contribution is 9.10. The maximum Gasteiger partial charge on any atom is 0.115 e. The van der Waals surface area contributed by atoms with E-state index in [2.05, 4.69) is 25.9 Å². The summed E-state index contributed by atoms with van der Waals surface area (Å²) in [5.41, 5.74) is 1.20. The van der Waals surface area contributed by atoms with Crippen LogP contribution in [0.3, 0.4) is 0 Å². The van der Waals surface area contributed by atoms with Crippen molar-refractivity contribution in [3.05, 3.63) is 22.7 Å². The van der Waals surface area contributed by atoms with E-state index in [0.29, 0.717) is 5.92 Å². The van der Waals surface area contributed by atoms with Gasteiger partial charge in [0.25, 0.3) is 0 Å². The first-order chi connectivity index (χ1) is 5.88. The molecule has 0 atom stereocenters. The van der Waals surface area contributed by atoms with Gasteiger partial charge in [-0.2, -0.15) is 0 Å². The molecule has 0 N–H and O–H groups in total. The first kappa shape index (κ1) is 8.17. The van der Waals surface area contributed by atoms with Crippen molar-refractivity contribution in [1.29, 1.82) is 0 Å². The monoisotopic (exact) mass is 226 g/mol. The van der Waals surface area contributed by atoms with Crippen molar-refractivity contribution in [2.75, 3.05) is 0 Å². The molecule has 1 aliphatic carbocycles. The predicted octanol–water partition coefficient (Wildman–Crippen LogP) is 2.90. The summed E-state index contributed by atoms with van der Waals surface area (Å²) in [7, 11) is 0. The normalized spacial score (nSPS) is 18.4. The van der Waals surface area contributed by atoms with E-state index in [-0.39, 0.29) is 0 Å². The fraction of sp³-hybridized carbons (Fsp3) is 0.556. The quantitative estimate of drug-likeness (QED) is 0.737. The molecule has 0 radical (unpaired) electrons. The maximum absolute atomic E-state index is 4.30. The van der Waals surface area contributed by atoms with Gasteiger partial charge in [0, 0.05) is 12.1 Å². The number of hydrogen-bond donors (Lipinski definition) is 0. The molecule has 0 aliphatic heterocycles. The van der Waals surface area contributed by atoms with Gasteiger partial charge in [-0.3, -0.25) is 0 Å². The second-order valence-corrected chi connectivity index (χ2v) is 4.09. The van der Waals surface area contributed by atoms with Crippen LogP contribution in [0.1, 0.15) is 37.3 Å². The number of halogens is 1. The molecule has 1 aliphatic rings. The number of nitrogens with zero attached hydrogens (tertiary/aromatic N) is 2. The Morgan fingerprint density at radius 3 is 2.75 bits per heavy atom. The molecular weight excluding hydrogens is 216 g/mol. The summed E-state index contributed by atoms with van der Waals surface area (Å²) in [6, 6.07) is 0. The van der Waals surface area contributed by atoms with Gasteiger partial charge in [0.15, 0.2) is 0 Å². The number of aromatic nitrogens is 2. The smallest absolute Gasteiger partial charge is 0.115 e. The Balaban J connectivity index is 2.26. The van der Waals surface area contributed by atoms with Gasteiger partial charge >= 0.3 is 0 Å². The third-order valence-corrected chi connectivity index (χ3v) is 3.05. The Morgan fingerprint density at radius 2 is 2.08 bits per heavy atom. The van der Waals surface area contributed by atoms with Crippen molar-refractivity contribution < 1.29 is 0 Å². The lowest BCUT2D eigenvalue weighted by Gasteiger charge is -2.08. The molecule has 0 bridgehead atoms. The van der Waals surface area contributed by atoms with Crippen molar-refractivity contribution in [2.24, 2.45) is 0 Å². The summed E-state index contributed by atoms with van der Waals surface area (Å²) in [5, 5.41) is 0. The van der Waals surface area contributed by atoms with Crippen molar-refractivity contribution in [3.63, 3.8) is 0 Å². The molecule has 1 aromatic heterocycles. The van der Waals surface area contributed by atoms with E-state index in [1.165, 1.54) is 31.4 Å². The lowest BCUT2D eigenvalue weighted by atomic mass is 10.0. The molecule has 0 unspecified atom stereocenters. The molecular formula is C9H11BrN2. The van der Waals surface area contributed by atoms with Crippen LogP contribution in [0.25, 0.3) is 0 Å². The average Bonchev–Trinajstić information content (AvgIpc) is 2.57. The molecule has 0 amide bonds. The van der Waals surface area contributed by atoms with Gasteiger partial charge in [-0.15, -0.1) is 0 Å². The zero-order chi connectivity index (χ0) is 8.39. The molecule has 64 valence electrons. The van der Waals surface area contributed by atoms with E-state index < -0.39 is 0 Å². The fourth-order valence-electron chi connectivity index (χ4n) is 1.82. The molecule has 0 aromatic carbocycles. The van der Waals surface area contributed by atoms with E-state index in [4.69, 9.17) is 0 Å². The molecule has 0 saturated heterocycles. The highest BCUT2D eigenvalue weighted by Crippen LogP contribution is 2.35. The molecule has 0 spiro atoms. The van der Waals surface area contributed by atoms with Crippen LogP contribution in [-0.2, 0) is 0 Å². The van der Waals surface area contributed by atoms with E-state index in [9.17, 15) is 0 Å². The van der Waals surface area contributed by atoms with Gasteiger partial charge in [-0.25, -0.2) is 9.97 Å². The van der Waals surface area contributed by atoms with Crippen LogP contribution in [0.5, 0.6) is 0 Å². The van der Waals surface area contributed by atoms with Crippen molar-refractivity contribution in [2.45, 2.75) is 31.6 Å². The summed E-state index contributed by atoms with van der Waals surface area (Å²) in [4.78, 5) is 8.26. The number of rotatable bonds is 1. The largest absolute Gasteiger partial charge is 0.244 e. The highest BCUT2D eigenvalue weighted by Gasteiger charge is 2.20. The van der Waals surface area contributed by atoms with E-state index in [1.54, 1.807) is 6.33 Å². The Bertz CT molecular complexity index is 269. The van der Waals surface area contributed by atoms with Crippen LogP contribution in [0, 0.1) is 0 Å². The van der Waals surface area contributed by atoms with Gasteiger partial charge in [0.1, 0.15) is 6.33 Å². The lowest BCUT2D eigenvalue weighted by molar-refractivity contribution is 0.689. The molecule has 1 heterocycles. The third kappa shape index (κ3) is 1.51. The van der Waals surface area contributed by atoms with Gasteiger partial charge in [-0.05, 0) is 28.8 Å². The molecule has 3 heteroatoms. The third-order valence-electron chi connectivity index (χ3n) is 2.44. The molecule has 2 rings (SSSR count). The molecule has 1 aromatic rings. The minimum atomic E-state index is 0.669. The second-order valence-electron chi connectivity index (χ2n) is 3.24.